The van der Waals surface area contributed by atoms with Crippen LogP contribution in [-0.4, -0.2) is 12.6 Å². The highest BCUT2D eigenvalue weighted by molar-refractivity contribution is 7.10. The summed E-state index contributed by atoms with van der Waals surface area (Å²) in [5, 5.41) is 6.72. The molecule has 0 aromatic carbocycles. The topological polar surface area (TPSA) is 12.0 Å². The molecule has 1 heterocycles. The number of thiophene rings is 1. The molecule has 1 N–H and O–H groups in total. The Kier molecular flexibility index (Phi) is 4.97. The Balaban J connectivity index is 2.14. The Morgan fingerprint density at radius 3 is 2.79 bits per heavy atom. The van der Waals surface area contributed by atoms with Crippen molar-refractivity contribution in [3.05, 3.63) is 21.3 Å². The van der Waals surface area contributed by atoms with Gasteiger partial charge < -0.3 is 5.32 Å². The van der Waals surface area contributed by atoms with Gasteiger partial charge in [-0.1, -0.05) is 39.3 Å². The highest BCUT2D eigenvalue weighted by Gasteiger charge is 2.36. The van der Waals surface area contributed by atoms with Crippen LogP contribution in [0.4, 0.5) is 0 Å². The van der Waals surface area contributed by atoms with E-state index in [1.807, 2.05) is 11.3 Å². The van der Waals surface area contributed by atoms with Crippen molar-refractivity contribution in [1.29, 1.82) is 0 Å². The Morgan fingerprint density at radius 2 is 2.21 bits per heavy atom. The van der Waals surface area contributed by atoms with E-state index in [0.29, 0.717) is 17.4 Å². The molecule has 1 aliphatic carbocycles. The summed E-state index contributed by atoms with van der Waals surface area (Å²) in [6.45, 7) is 10.4. The standard InChI is InChI=1S/C16H26ClNS/c1-11(2)18-10-12-5-7-16(3,4)9-13(12)15-14(17)6-8-19-15/h6,8,11-13,18H,5,7,9-10H2,1-4H3. The Hall–Kier alpha value is -0.0500. The van der Waals surface area contributed by atoms with E-state index < -0.39 is 0 Å². The average Bonchev–Trinajstić information content (AvgIpc) is 2.72. The van der Waals surface area contributed by atoms with Crippen molar-refractivity contribution in [3.63, 3.8) is 0 Å². The van der Waals surface area contributed by atoms with Gasteiger partial charge in [-0.3, -0.25) is 0 Å². The van der Waals surface area contributed by atoms with Gasteiger partial charge in [0, 0.05) is 10.9 Å². The van der Waals surface area contributed by atoms with Crippen molar-refractivity contribution in [3.8, 4) is 0 Å². The van der Waals surface area contributed by atoms with Gasteiger partial charge in [0.05, 0.1) is 5.02 Å². The summed E-state index contributed by atoms with van der Waals surface area (Å²) in [4.78, 5) is 1.41. The van der Waals surface area contributed by atoms with Crippen molar-refractivity contribution in [2.45, 2.75) is 58.9 Å². The second kappa shape index (κ2) is 6.15. The molecule has 3 heteroatoms. The van der Waals surface area contributed by atoms with Crippen LogP contribution in [0.5, 0.6) is 0 Å². The fourth-order valence-corrected chi connectivity index (χ4v) is 4.54. The quantitative estimate of drug-likeness (QED) is 0.794. The molecule has 108 valence electrons. The van der Waals surface area contributed by atoms with Crippen LogP contribution in [0.1, 0.15) is 57.8 Å². The first-order valence-electron chi connectivity index (χ1n) is 7.35. The van der Waals surface area contributed by atoms with Crippen LogP contribution in [0.15, 0.2) is 11.4 Å². The lowest BCUT2D eigenvalue weighted by molar-refractivity contribution is 0.160. The summed E-state index contributed by atoms with van der Waals surface area (Å²) < 4.78 is 0. The third-order valence-electron chi connectivity index (χ3n) is 4.30. The van der Waals surface area contributed by atoms with Crippen molar-refractivity contribution < 1.29 is 0 Å². The van der Waals surface area contributed by atoms with E-state index in [1.165, 1.54) is 24.1 Å². The third kappa shape index (κ3) is 3.96. The van der Waals surface area contributed by atoms with Gasteiger partial charge in [0.1, 0.15) is 0 Å². The van der Waals surface area contributed by atoms with E-state index in [9.17, 15) is 0 Å². The van der Waals surface area contributed by atoms with Crippen LogP contribution in [-0.2, 0) is 0 Å². The Labute approximate surface area is 126 Å². The predicted molar refractivity (Wildman–Crippen MR) is 86.3 cm³/mol. The molecule has 19 heavy (non-hydrogen) atoms. The summed E-state index contributed by atoms with van der Waals surface area (Å²) in [5.41, 5.74) is 0.451. The molecule has 1 aromatic heterocycles. The molecule has 0 saturated heterocycles. The minimum absolute atomic E-state index is 0.451. The maximum Gasteiger partial charge on any atom is 0.0547 e. The molecule has 1 aliphatic rings. The summed E-state index contributed by atoms with van der Waals surface area (Å²) in [7, 11) is 0. The smallest absolute Gasteiger partial charge is 0.0547 e. The zero-order chi connectivity index (χ0) is 14.0. The minimum Gasteiger partial charge on any atom is -0.314 e. The van der Waals surface area contributed by atoms with E-state index in [-0.39, 0.29) is 0 Å². The number of hydrogen-bond acceptors (Lipinski definition) is 2. The zero-order valence-electron chi connectivity index (χ0n) is 12.5. The molecular weight excluding hydrogens is 274 g/mol. The van der Waals surface area contributed by atoms with Crippen molar-refractivity contribution in [2.24, 2.45) is 11.3 Å². The van der Waals surface area contributed by atoms with E-state index in [1.54, 1.807) is 0 Å². The highest BCUT2D eigenvalue weighted by Crippen LogP contribution is 2.49. The second-order valence-corrected chi connectivity index (χ2v) is 8.32. The van der Waals surface area contributed by atoms with Crippen LogP contribution in [0.3, 0.4) is 0 Å². The van der Waals surface area contributed by atoms with Crippen LogP contribution < -0.4 is 5.32 Å². The molecule has 0 amide bonds. The SMILES string of the molecule is CC(C)NCC1CCC(C)(C)CC1c1sccc1Cl. The maximum absolute atomic E-state index is 6.38. The van der Waals surface area contributed by atoms with Gasteiger partial charge in [-0.25, -0.2) is 0 Å². The van der Waals surface area contributed by atoms with Crippen molar-refractivity contribution in [2.75, 3.05) is 6.54 Å². The minimum atomic E-state index is 0.451. The van der Waals surface area contributed by atoms with Crippen LogP contribution in [0, 0.1) is 11.3 Å². The van der Waals surface area contributed by atoms with Crippen LogP contribution >= 0.6 is 22.9 Å². The van der Waals surface area contributed by atoms with Gasteiger partial charge in [0.15, 0.2) is 0 Å². The summed E-state index contributed by atoms with van der Waals surface area (Å²) in [6.07, 6.45) is 3.90. The van der Waals surface area contributed by atoms with Gasteiger partial charge in [0.25, 0.3) is 0 Å². The van der Waals surface area contributed by atoms with Crippen LogP contribution in [0.25, 0.3) is 0 Å². The first kappa shape index (κ1) is 15.3. The third-order valence-corrected chi connectivity index (χ3v) is 5.79. The maximum atomic E-state index is 6.38. The second-order valence-electron chi connectivity index (χ2n) is 6.97. The molecule has 2 atom stereocenters. The molecule has 0 radical (unpaired) electrons. The van der Waals surface area contributed by atoms with Gasteiger partial charge >= 0.3 is 0 Å². The molecule has 0 bridgehead atoms. The normalized spacial score (nSPS) is 26.8. The number of nitrogens with one attached hydrogen (secondary N) is 1. The van der Waals surface area contributed by atoms with E-state index in [0.717, 1.165) is 17.5 Å². The van der Waals surface area contributed by atoms with Crippen LogP contribution in [0.2, 0.25) is 5.02 Å². The summed E-state index contributed by atoms with van der Waals surface area (Å²) in [6, 6.07) is 2.62. The average molecular weight is 300 g/mol. The monoisotopic (exact) mass is 299 g/mol. The van der Waals surface area contributed by atoms with Gasteiger partial charge in [-0.15, -0.1) is 11.3 Å². The molecule has 2 rings (SSSR count). The largest absolute Gasteiger partial charge is 0.314 e. The predicted octanol–water partition coefficient (Wildman–Crippen LogP) is 5.31. The fraction of sp³-hybridized carbons (Fsp3) is 0.750. The molecule has 1 fully saturated rings. The summed E-state index contributed by atoms with van der Waals surface area (Å²) >= 11 is 8.22. The number of rotatable bonds is 4. The number of hydrogen-bond donors (Lipinski definition) is 1. The lowest BCUT2D eigenvalue weighted by atomic mass is 9.66. The molecule has 2 unspecified atom stereocenters. The molecule has 1 aromatic rings. The highest BCUT2D eigenvalue weighted by atomic mass is 35.5. The van der Waals surface area contributed by atoms with Crippen molar-refractivity contribution in [1.82, 2.24) is 5.32 Å². The first-order chi connectivity index (χ1) is 8.89. The lowest BCUT2D eigenvalue weighted by Crippen LogP contribution is -2.36. The zero-order valence-corrected chi connectivity index (χ0v) is 14.1. The molecular formula is C16H26ClNS. The fourth-order valence-electron chi connectivity index (χ4n) is 3.15. The molecule has 0 spiro atoms. The number of halogens is 1. The van der Waals surface area contributed by atoms with Gasteiger partial charge in [-0.05, 0) is 54.5 Å². The van der Waals surface area contributed by atoms with E-state index >= 15 is 0 Å². The Bertz CT molecular complexity index is 409. The molecule has 1 saturated carbocycles. The molecule has 0 aliphatic heterocycles. The van der Waals surface area contributed by atoms with Crippen molar-refractivity contribution >= 4 is 22.9 Å². The van der Waals surface area contributed by atoms with E-state index in [4.69, 9.17) is 11.6 Å². The first-order valence-corrected chi connectivity index (χ1v) is 8.61. The van der Waals surface area contributed by atoms with Gasteiger partial charge in [-0.2, -0.15) is 0 Å². The Morgan fingerprint density at radius 1 is 1.47 bits per heavy atom. The van der Waals surface area contributed by atoms with Gasteiger partial charge in [0.2, 0.25) is 0 Å². The lowest BCUT2D eigenvalue weighted by Gasteiger charge is -2.41. The molecule has 1 nitrogen and oxygen atoms in total. The summed E-state index contributed by atoms with van der Waals surface area (Å²) in [5.74, 6) is 1.36. The van der Waals surface area contributed by atoms with E-state index in [2.05, 4.69) is 44.5 Å².